The maximum atomic E-state index is 5.65. The number of hydrogen-bond acceptors (Lipinski definition) is 5. The second-order valence-corrected chi connectivity index (χ2v) is 5.70. The van der Waals surface area contributed by atoms with Crippen LogP contribution in [0.15, 0.2) is 4.52 Å². The molecule has 1 fully saturated rings. The van der Waals surface area contributed by atoms with Crippen LogP contribution in [0.4, 0.5) is 0 Å². The molecule has 2 atom stereocenters. The van der Waals surface area contributed by atoms with Gasteiger partial charge in [-0.3, -0.25) is 0 Å². The van der Waals surface area contributed by atoms with Crippen molar-refractivity contribution < 1.29 is 9.26 Å². The third-order valence-corrected chi connectivity index (χ3v) is 3.87. The zero-order chi connectivity index (χ0) is 13.9. The third-order valence-electron chi connectivity index (χ3n) is 3.87. The van der Waals surface area contributed by atoms with Gasteiger partial charge in [-0.05, 0) is 46.1 Å². The maximum Gasteiger partial charge on any atom is 0.243 e. The molecule has 0 radical (unpaired) electrons. The van der Waals surface area contributed by atoms with Gasteiger partial charge < -0.3 is 14.6 Å². The molecular formula is C14H25N3O2. The molecule has 5 heteroatoms. The van der Waals surface area contributed by atoms with E-state index in [0.717, 1.165) is 18.9 Å². The fraction of sp³-hybridized carbons (Fsp3) is 0.857. The molecule has 0 amide bonds. The molecular weight excluding hydrogens is 242 g/mol. The number of aromatic nitrogens is 2. The quantitative estimate of drug-likeness (QED) is 0.889. The van der Waals surface area contributed by atoms with Gasteiger partial charge in [0.15, 0.2) is 0 Å². The average Bonchev–Trinajstić information content (AvgIpc) is 2.89. The van der Waals surface area contributed by atoms with Crippen molar-refractivity contribution in [2.24, 2.45) is 5.92 Å². The van der Waals surface area contributed by atoms with Crippen LogP contribution in [0.5, 0.6) is 0 Å². The predicted octanol–water partition coefficient (Wildman–Crippen LogP) is 2.79. The minimum atomic E-state index is -0.491. The summed E-state index contributed by atoms with van der Waals surface area (Å²) in [5.74, 6) is 2.08. The van der Waals surface area contributed by atoms with Crippen molar-refractivity contribution in [2.75, 3.05) is 13.2 Å². The van der Waals surface area contributed by atoms with Gasteiger partial charge in [0.25, 0.3) is 0 Å². The lowest BCUT2D eigenvalue weighted by molar-refractivity contribution is -0.0221. The summed E-state index contributed by atoms with van der Waals surface area (Å²) in [5, 5.41) is 7.54. The maximum absolute atomic E-state index is 5.65. The van der Waals surface area contributed by atoms with Crippen molar-refractivity contribution >= 4 is 0 Å². The first kappa shape index (κ1) is 14.5. The molecule has 0 aliphatic carbocycles. The van der Waals surface area contributed by atoms with Crippen molar-refractivity contribution in [3.8, 4) is 0 Å². The Hall–Kier alpha value is -0.940. The molecule has 0 bridgehead atoms. The van der Waals surface area contributed by atoms with E-state index >= 15 is 0 Å². The number of nitrogens with zero attached hydrogens (tertiary/aromatic N) is 2. The molecule has 1 aromatic rings. The monoisotopic (exact) mass is 267 g/mol. The SMILES string of the molecule is CCOC(C)(C)c1noc(C2CC(CC)CCN2)n1. The van der Waals surface area contributed by atoms with Gasteiger partial charge in [-0.15, -0.1) is 0 Å². The Morgan fingerprint density at radius 1 is 1.42 bits per heavy atom. The summed E-state index contributed by atoms with van der Waals surface area (Å²) in [6.07, 6.45) is 3.52. The number of rotatable bonds is 5. The first-order chi connectivity index (χ1) is 9.06. The standard InChI is InChI=1S/C14H25N3O2/c1-5-10-7-8-15-11(9-10)12-16-13(17-19-12)14(3,4)18-6-2/h10-11,15H,5-9H2,1-4H3. The molecule has 5 nitrogen and oxygen atoms in total. The van der Waals surface area contributed by atoms with E-state index in [4.69, 9.17) is 9.26 Å². The van der Waals surface area contributed by atoms with Crippen LogP contribution < -0.4 is 5.32 Å². The molecule has 1 N–H and O–H groups in total. The Morgan fingerprint density at radius 2 is 2.21 bits per heavy atom. The second-order valence-electron chi connectivity index (χ2n) is 5.70. The highest BCUT2D eigenvalue weighted by molar-refractivity contribution is 5.01. The largest absolute Gasteiger partial charge is 0.368 e. The topological polar surface area (TPSA) is 60.2 Å². The van der Waals surface area contributed by atoms with Crippen LogP contribution in [0.3, 0.4) is 0 Å². The highest BCUT2D eigenvalue weighted by Crippen LogP contribution is 2.30. The summed E-state index contributed by atoms with van der Waals surface area (Å²) in [6, 6.07) is 0.192. The Kier molecular flexibility index (Phi) is 4.58. The van der Waals surface area contributed by atoms with E-state index in [1.165, 1.54) is 12.8 Å². The first-order valence-electron chi connectivity index (χ1n) is 7.28. The molecule has 0 saturated carbocycles. The van der Waals surface area contributed by atoms with E-state index in [1.54, 1.807) is 0 Å². The van der Waals surface area contributed by atoms with Gasteiger partial charge in [-0.25, -0.2) is 0 Å². The van der Waals surface area contributed by atoms with Gasteiger partial charge in [0.1, 0.15) is 5.60 Å². The van der Waals surface area contributed by atoms with Crippen molar-refractivity contribution in [1.82, 2.24) is 15.5 Å². The van der Waals surface area contributed by atoms with Crippen LogP contribution in [0.25, 0.3) is 0 Å². The van der Waals surface area contributed by atoms with Gasteiger partial charge in [-0.1, -0.05) is 18.5 Å². The molecule has 108 valence electrons. The van der Waals surface area contributed by atoms with Crippen molar-refractivity contribution in [1.29, 1.82) is 0 Å². The lowest BCUT2D eigenvalue weighted by Gasteiger charge is -2.27. The second kappa shape index (κ2) is 6.01. The molecule has 1 saturated heterocycles. The van der Waals surface area contributed by atoms with Crippen LogP contribution in [-0.4, -0.2) is 23.3 Å². The van der Waals surface area contributed by atoms with Crippen LogP contribution in [0.1, 0.15) is 64.7 Å². The smallest absolute Gasteiger partial charge is 0.243 e. The summed E-state index contributed by atoms with van der Waals surface area (Å²) in [5.41, 5.74) is -0.491. The lowest BCUT2D eigenvalue weighted by atomic mass is 9.90. The van der Waals surface area contributed by atoms with E-state index < -0.39 is 5.60 Å². The molecule has 1 aromatic heterocycles. The summed E-state index contributed by atoms with van der Waals surface area (Å²) < 4.78 is 11.1. The lowest BCUT2D eigenvalue weighted by Crippen LogP contribution is -2.32. The van der Waals surface area contributed by atoms with Crippen LogP contribution in [0, 0.1) is 5.92 Å². The van der Waals surface area contributed by atoms with Crippen LogP contribution in [-0.2, 0) is 10.3 Å². The molecule has 1 aliphatic heterocycles. The van der Waals surface area contributed by atoms with Crippen molar-refractivity contribution in [3.63, 3.8) is 0 Å². The molecule has 2 rings (SSSR count). The zero-order valence-corrected chi connectivity index (χ0v) is 12.4. The van der Waals surface area contributed by atoms with E-state index in [0.29, 0.717) is 18.3 Å². The van der Waals surface area contributed by atoms with Crippen molar-refractivity contribution in [3.05, 3.63) is 11.7 Å². The van der Waals surface area contributed by atoms with E-state index in [1.807, 2.05) is 20.8 Å². The van der Waals surface area contributed by atoms with Gasteiger partial charge in [0, 0.05) is 6.61 Å². The molecule has 0 aromatic carbocycles. The first-order valence-corrected chi connectivity index (χ1v) is 7.28. The minimum Gasteiger partial charge on any atom is -0.368 e. The molecule has 2 heterocycles. The van der Waals surface area contributed by atoms with Crippen LogP contribution in [0.2, 0.25) is 0 Å². The zero-order valence-electron chi connectivity index (χ0n) is 12.4. The van der Waals surface area contributed by atoms with E-state index in [9.17, 15) is 0 Å². The summed E-state index contributed by atoms with van der Waals surface area (Å²) in [6.45, 7) is 9.80. The Bertz CT molecular complexity index is 403. The van der Waals surface area contributed by atoms with Gasteiger partial charge in [0.05, 0.1) is 6.04 Å². The van der Waals surface area contributed by atoms with Crippen LogP contribution >= 0.6 is 0 Å². The highest BCUT2D eigenvalue weighted by atomic mass is 16.5. The fourth-order valence-electron chi connectivity index (χ4n) is 2.60. The minimum absolute atomic E-state index is 0.192. The molecule has 1 aliphatic rings. The number of nitrogens with one attached hydrogen (secondary N) is 1. The third kappa shape index (κ3) is 3.34. The Morgan fingerprint density at radius 3 is 2.89 bits per heavy atom. The molecule has 0 spiro atoms. The van der Waals surface area contributed by atoms with Gasteiger partial charge >= 0.3 is 0 Å². The summed E-state index contributed by atoms with van der Waals surface area (Å²) in [7, 11) is 0. The summed E-state index contributed by atoms with van der Waals surface area (Å²) >= 11 is 0. The van der Waals surface area contributed by atoms with Gasteiger partial charge in [-0.2, -0.15) is 4.98 Å². The Labute approximate surface area is 115 Å². The Balaban J connectivity index is 2.08. The molecule has 19 heavy (non-hydrogen) atoms. The highest BCUT2D eigenvalue weighted by Gasteiger charge is 2.31. The van der Waals surface area contributed by atoms with E-state index in [-0.39, 0.29) is 6.04 Å². The predicted molar refractivity (Wildman–Crippen MR) is 72.7 cm³/mol. The fourth-order valence-corrected chi connectivity index (χ4v) is 2.60. The van der Waals surface area contributed by atoms with Gasteiger partial charge in [0.2, 0.25) is 11.7 Å². The summed E-state index contributed by atoms with van der Waals surface area (Å²) in [4.78, 5) is 4.53. The normalized spacial score (nSPS) is 24.6. The number of ether oxygens (including phenoxy) is 1. The molecule has 2 unspecified atom stereocenters. The van der Waals surface area contributed by atoms with Crippen molar-refractivity contribution in [2.45, 2.75) is 58.6 Å². The number of hydrogen-bond donors (Lipinski definition) is 1. The number of piperidine rings is 1. The average molecular weight is 267 g/mol. The van der Waals surface area contributed by atoms with E-state index in [2.05, 4.69) is 22.4 Å².